The Morgan fingerprint density at radius 1 is 1.04 bits per heavy atom. The number of nitrogens with two attached hydrogens (primary N) is 1. The summed E-state index contributed by atoms with van der Waals surface area (Å²) in [6, 6.07) is 12.8. The number of fused-ring (bicyclic) bond motifs is 1. The molecule has 2 aromatic heterocycles. The monoisotopic (exact) mass is 347 g/mol. The number of hydrogen-bond donors (Lipinski definition) is 1. The minimum atomic E-state index is -0.449. The third kappa shape index (κ3) is 3.22. The molecule has 1 aliphatic carbocycles. The lowest BCUT2D eigenvalue weighted by Gasteiger charge is -2.19. The number of nitrogens with zero attached hydrogens (tertiary/aromatic N) is 4. The zero-order chi connectivity index (χ0) is 17.9. The number of amides is 1. The van der Waals surface area contributed by atoms with Crippen molar-refractivity contribution >= 4 is 23.1 Å². The second-order valence-corrected chi connectivity index (χ2v) is 6.70. The van der Waals surface area contributed by atoms with Crippen LogP contribution in [0.2, 0.25) is 0 Å². The molecule has 1 aliphatic rings. The number of pyridine rings is 1. The summed E-state index contributed by atoms with van der Waals surface area (Å²) in [5, 5.41) is 8.89. The Labute approximate surface area is 151 Å². The predicted octanol–water partition coefficient (Wildman–Crippen LogP) is 4.90. The SMILES string of the molecule is NC(=O)c1ccc(N=Nc2c(C3CCCCC3)nc3ccccn23)cc1. The summed E-state index contributed by atoms with van der Waals surface area (Å²) in [5.74, 6) is 0.788. The van der Waals surface area contributed by atoms with E-state index in [4.69, 9.17) is 10.7 Å². The summed E-state index contributed by atoms with van der Waals surface area (Å²) >= 11 is 0. The number of primary amides is 1. The third-order valence-corrected chi connectivity index (χ3v) is 4.93. The Balaban J connectivity index is 1.71. The summed E-state index contributed by atoms with van der Waals surface area (Å²) in [7, 11) is 0. The van der Waals surface area contributed by atoms with E-state index in [1.54, 1.807) is 24.3 Å². The van der Waals surface area contributed by atoms with Crippen LogP contribution in [0.3, 0.4) is 0 Å². The Morgan fingerprint density at radius 3 is 2.54 bits per heavy atom. The fourth-order valence-corrected chi connectivity index (χ4v) is 3.55. The molecule has 0 atom stereocenters. The largest absolute Gasteiger partial charge is 0.366 e. The first kappa shape index (κ1) is 16.4. The molecule has 0 aliphatic heterocycles. The lowest BCUT2D eigenvalue weighted by Crippen LogP contribution is -2.10. The van der Waals surface area contributed by atoms with Gasteiger partial charge in [0, 0.05) is 17.7 Å². The normalized spacial score (nSPS) is 15.7. The highest BCUT2D eigenvalue weighted by Crippen LogP contribution is 2.38. The Bertz CT molecular complexity index is 952. The van der Waals surface area contributed by atoms with Crippen LogP contribution >= 0.6 is 0 Å². The minimum absolute atomic E-state index is 0.440. The number of rotatable bonds is 4. The van der Waals surface area contributed by atoms with E-state index in [2.05, 4.69) is 10.2 Å². The number of hydrogen-bond acceptors (Lipinski definition) is 4. The first-order chi connectivity index (χ1) is 12.7. The maximum atomic E-state index is 11.2. The molecule has 0 bridgehead atoms. The van der Waals surface area contributed by atoms with Gasteiger partial charge in [-0.1, -0.05) is 25.3 Å². The predicted molar refractivity (Wildman–Crippen MR) is 100 cm³/mol. The van der Waals surface area contributed by atoms with Gasteiger partial charge in [0.15, 0.2) is 5.82 Å². The number of carbonyl (C=O) groups excluding carboxylic acids is 1. The van der Waals surface area contributed by atoms with Crippen LogP contribution in [0.25, 0.3) is 5.65 Å². The summed E-state index contributed by atoms with van der Waals surface area (Å²) in [5.41, 5.74) is 8.34. The van der Waals surface area contributed by atoms with Gasteiger partial charge in [-0.05, 0) is 49.2 Å². The van der Waals surface area contributed by atoms with Gasteiger partial charge >= 0.3 is 0 Å². The van der Waals surface area contributed by atoms with Gasteiger partial charge in [0.1, 0.15) is 5.65 Å². The van der Waals surface area contributed by atoms with Gasteiger partial charge in [-0.2, -0.15) is 0 Å². The van der Waals surface area contributed by atoms with Gasteiger partial charge in [0.2, 0.25) is 5.91 Å². The van der Waals surface area contributed by atoms with Crippen molar-refractivity contribution < 1.29 is 4.79 Å². The maximum absolute atomic E-state index is 11.2. The number of imidazole rings is 1. The number of carbonyl (C=O) groups is 1. The van der Waals surface area contributed by atoms with Gasteiger partial charge in [-0.25, -0.2) is 4.98 Å². The van der Waals surface area contributed by atoms with Crippen molar-refractivity contribution in [3.8, 4) is 0 Å². The highest BCUT2D eigenvalue weighted by molar-refractivity contribution is 5.92. The van der Waals surface area contributed by atoms with Crippen LogP contribution in [-0.4, -0.2) is 15.3 Å². The molecular formula is C20H21N5O. The van der Waals surface area contributed by atoms with Crippen LogP contribution in [0.15, 0.2) is 58.9 Å². The zero-order valence-corrected chi connectivity index (χ0v) is 14.5. The summed E-state index contributed by atoms with van der Waals surface area (Å²) in [6.07, 6.45) is 8.05. The molecule has 2 heterocycles. The van der Waals surface area contributed by atoms with Crippen LogP contribution in [0.1, 0.15) is 54.1 Å². The molecule has 1 aromatic carbocycles. The van der Waals surface area contributed by atoms with Gasteiger partial charge in [-0.15, -0.1) is 10.2 Å². The maximum Gasteiger partial charge on any atom is 0.248 e. The molecule has 6 heteroatoms. The quantitative estimate of drug-likeness (QED) is 0.681. The topological polar surface area (TPSA) is 85.1 Å². The van der Waals surface area contributed by atoms with Crippen LogP contribution < -0.4 is 5.73 Å². The van der Waals surface area contributed by atoms with Crippen molar-refractivity contribution in [1.29, 1.82) is 0 Å². The molecule has 0 unspecified atom stereocenters. The lowest BCUT2D eigenvalue weighted by molar-refractivity contribution is 0.100. The molecule has 1 fully saturated rings. The van der Waals surface area contributed by atoms with Crippen molar-refractivity contribution in [2.75, 3.05) is 0 Å². The van der Waals surface area contributed by atoms with Crippen LogP contribution in [-0.2, 0) is 0 Å². The van der Waals surface area contributed by atoms with Crippen LogP contribution in [0.4, 0.5) is 11.5 Å². The average Bonchev–Trinajstić information content (AvgIpc) is 3.06. The molecule has 132 valence electrons. The van der Waals surface area contributed by atoms with E-state index in [0.717, 1.165) is 30.0 Å². The van der Waals surface area contributed by atoms with Gasteiger partial charge in [0.05, 0.1) is 11.4 Å². The van der Waals surface area contributed by atoms with Gasteiger partial charge in [0.25, 0.3) is 0 Å². The fourth-order valence-electron chi connectivity index (χ4n) is 3.55. The van der Waals surface area contributed by atoms with Crippen molar-refractivity contribution in [3.05, 3.63) is 59.9 Å². The molecule has 1 saturated carbocycles. The van der Waals surface area contributed by atoms with Gasteiger partial charge < -0.3 is 5.73 Å². The van der Waals surface area contributed by atoms with E-state index in [9.17, 15) is 4.79 Å². The van der Waals surface area contributed by atoms with Crippen molar-refractivity contribution in [1.82, 2.24) is 9.38 Å². The standard InChI is InChI=1S/C20H21N5O/c21-19(26)15-9-11-16(12-10-15)23-24-20-18(14-6-2-1-3-7-14)22-17-8-4-5-13-25(17)20/h4-5,8-14H,1-3,6-7H2,(H2,21,26). The van der Waals surface area contributed by atoms with Crippen LogP contribution in [0.5, 0.6) is 0 Å². The molecule has 2 N–H and O–H groups in total. The Hall–Kier alpha value is -3.02. The van der Waals surface area contributed by atoms with E-state index in [1.807, 2.05) is 28.8 Å². The van der Waals surface area contributed by atoms with E-state index < -0.39 is 5.91 Å². The number of benzene rings is 1. The third-order valence-electron chi connectivity index (χ3n) is 4.93. The second kappa shape index (κ2) is 7.07. The summed E-state index contributed by atoms with van der Waals surface area (Å²) in [4.78, 5) is 16.0. The molecule has 4 rings (SSSR count). The minimum Gasteiger partial charge on any atom is -0.366 e. The molecule has 0 spiro atoms. The van der Waals surface area contributed by atoms with Crippen molar-refractivity contribution in [2.45, 2.75) is 38.0 Å². The lowest BCUT2D eigenvalue weighted by atomic mass is 9.87. The average molecular weight is 347 g/mol. The summed E-state index contributed by atoms with van der Waals surface area (Å²) in [6.45, 7) is 0. The van der Waals surface area contributed by atoms with E-state index in [1.165, 1.54) is 19.3 Å². The Morgan fingerprint density at radius 2 is 1.81 bits per heavy atom. The molecule has 1 amide bonds. The highest BCUT2D eigenvalue weighted by Gasteiger charge is 2.23. The first-order valence-corrected chi connectivity index (χ1v) is 9.01. The van der Waals surface area contributed by atoms with Crippen molar-refractivity contribution in [3.63, 3.8) is 0 Å². The molecule has 3 aromatic rings. The zero-order valence-electron chi connectivity index (χ0n) is 14.5. The molecule has 26 heavy (non-hydrogen) atoms. The van der Waals surface area contributed by atoms with E-state index in [-0.39, 0.29) is 0 Å². The smallest absolute Gasteiger partial charge is 0.248 e. The van der Waals surface area contributed by atoms with E-state index >= 15 is 0 Å². The highest BCUT2D eigenvalue weighted by atomic mass is 16.1. The fraction of sp³-hybridized carbons (Fsp3) is 0.300. The summed E-state index contributed by atoms with van der Waals surface area (Å²) < 4.78 is 1.99. The molecular weight excluding hydrogens is 326 g/mol. The molecule has 0 radical (unpaired) electrons. The molecule has 6 nitrogen and oxygen atoms in total. The first-order valence-electron chi connectivity index (χ1n) is 9.01. The number of aromatic nitrogens is 2. The number of azo groups is 1. The Kier molecular flexibility index (Phi) is 4.48. The van der Waals surface area contributed by atoms with Crippen LogP contribution in [0, 0.1) is 0 Å². The van der Waals surface area contributed by atoms with Crippen molar-refractivity contribution in [2.24, 2.45) is 16.0 Å². The van der Waals surface area contributed by atoms with Gasteiger partial charge in [-0.3, -0.25) is 9.20 Å². The van der Waals surface area contributed by atoms with E-state index in [0.29, 0.717) is 17.2 Å². The second-order valence-electron chi connectivity index (χ2n) is 6.70. The molecule has 0 saturated heterocycles.